The number of aromatic nitrogens is 1. The van der Waals surface area contributed by atoms with Crippen molar-refractivity contribution in [1.29, 1.82) is 5.26 Å². The maximum absolute atomic E-state index is 13.5. The molecule has 1 aliphatic heterocycles. The number of benzene rings is 1. The van der Waals surface area contributed by atoms with Crippen molar-refractivity contribution >= 4 is 18.0 Å². The molecule has 2 aliphatic rings. The van der Waals surface area contributed by atoms with Crippen LogP contribution in [0.15, 0.2) is 48.7 Å². The van der Waals surface area contributed by atoms with Gasteiger partial charge in [-0.1, -0.05) is 44.2 Å². The second kappa shape index (κ2) is 10.1. The van der Waals surface area contributed by atoms with E-state index >= 15 is 0 Å². The van der Waals surface area contributed by atoms with Gasteiger partial charge >= 0.3 is 5.97 Å². The lowest BCUT2D eigenvalue weighted by Crippen LogP contribution is -2.57. The molecule has 7 heteroatoms. The first-order valence-electron chi connectivity index (χ1n) is 12.8. The summed E-state index contributed by atoms with van der Waals surface area (Å²) in [5.74, 6) is -0.937. The average molecular weight is 502 g/mol. The van der Waals surface area contributed by atoms with E-state index in [0.717, 1.165) is 16.8 Å². The number of nitrogens with zero attached hydrogens (tertiary/aromatic N) is 2. The Morgan fingerprint density at radius 3 is 2.65 bits per heavy atom. The molecular formula is C30H35N3O4. The van der Waals surface area contributed by atoms with Crippen LogP contribution in [0.25, 0.3) is 17.2 Å². The molecule has 1 aromatic carbocycles. The van der Waals surface area contributed by atoms with E-state index in [1.54, 1.807) is 26.1 Å². The van der Waals surface area contributed by atoms with Gasteiger partial charge in [0, 0.05) is 29.8 Å². The number of carbonyl (C=O) groups excluding carboxylic acids is 2. The third-order valence-corrected chi connectivity index (χ3v) is 8.02. The number of amides is 1. The van der Waals surface area contributed by atoms with Gasteiger partial charge in [-0.25, -0.2) is 0 Å². The summed E-state index contributed by atoms with van der Waals surface area (Å²) >= 11 is 0. The summed E-state index contributed by atoms with van der Waals surface area (Å²) in [4.78, 5) is 31.3. The van der Waals surface area contributed by atoms with Crippen molar-refractivity contribution in [1.82, 2.24) is 10.3 Å². The van der Waals surface area contributed by atoms with Gasteiger partial charge in [0.15, 0.2) is 5.41 Å². The Labute approximate surface area is 218 Å². The number of nitrogens with one attached hydrogen (secondary N) is 1. The molecule has 1 aromatic heterocycles. The fraction of sp³-hybridized carbons (Fsp3) is 0.467. The summed E-state index contributed by atoms with van der Waals surface area (Å²) in [6.07, 6.45) is 5.75. The third-order valence-electron chi connectivity index (χ3n) is 8.02. The van der Waals surface area contributed by atoms with Gasteiger partial charge in [-0.15, -0.1) is 0 Å². The highest BCUT2D eigenvalue weighted by Crippen LogP contribution is 2.56. The summed E-state index contributed by atoms with van der Waals surface area (Å²) in [5, 5.41) is 22.4. The topological polar surface area (TPSA) is 112 Å². The van der Waals surface area contributed by atoms with E-state index in [0.29, 0.717) is 12.0 Å². The molecule has 194 valence electrons. The second-order valence-corrected chi connectivity index (χ2v) is 11.2. The Morgan fingerprint density at radius 2 is 2.00 bits per heavy atom. The second-order valence-electron chi connectivity index (χ2n) is 11.2. The number of pyridine rings is 1. The SMILES string of the molecule is CC1C[C@@]2(C(=O)NCC(C)(C)O)C(=O)O[C@H](C)C2C(/C=C/c2ccc(-c3ccccc3C#N)cn2)C1C. The zero-order valence-electron chi connectivity index (χ0n) is 22.1. The fourth-order valence-corrected chi connectivity index (χ4v) is 5.94. The molecule has 0 bridgehead atoms. The highest BCUT2D eigenvalue weighted by Gasteiger charge is 2.66. The lowest BCUT2D eigenvalue weighted by molar-refractivity contribution is -0.157. The number of ether oxygens (including phenoxy) is 1. The number of cyclic esters (lactones) is 1. The van der Waals surface area contributed by atoms with Gasteiger partial charge in [-0.05, 0) is 63.2 Å². The van der Waals surface area contributed by atoms with Gasteiger partial charge in [-0.3, -0.25) is 14.6 Å². The Morgan fingerprint density at radius 1 is 1.27 bits per heavy atom. The molecule has 1 aliphatic carbocycles. The molecule has 4 rings (SSSR count). The number of carbonyl (C=O) groups is 2. The van der Waals surface area contributed by atoms with Crippen LogP contribution in [0.1, 0.15) is 52.3 Å². The minimum atomic E-state index is -1.29. The fourth-order valence-electron chi connectivity index (χ4n) is 5.94. The van der Waals surface area contributed by atoms with Crippen molar-refractivity contribution in [2.24, 2.45) is 29.1 Å². The minimum Gasteiger partial charge on any atom is -0.461 e. The predicted molar refractivity (Wildman–Crippen MR) is 141 cm³/mol. The number of fused-ring (bicyclic) bond motifs is 1. The standard InChI is InChI=1S/C30H35N3O4/c1-18-14-30(27(34)33-17-29(4,5)36)26(20(3)37-28(30)35)24(19(18)2)13-12-23-11-10-22(16-32-23)25-9-7-6-8-21(25)15-31/h6-13,16,18-20,24,26,36H,14,17H2,1-5H3,(H,33,34)/b13-12+/t18?,19?,20-,24?,26?,30-/m1/s1. The van der Waals surface area contributed by atoms with Crippen molar-refractivity contribution in [3.63, 3.8) is 0 Å². The molecule has 0 radical (unpaired) electrons. The molecule has 0 spiro atoms. The number of esters is 1. The van der Waals surface area contributed by atoms with Gasteiger partial charge in [0.25, 0.3) is 0 Å². The molecule has 2 aromatic rings. The molecule has 1 saturated carbocycles. The number of nitriles is 1. The number of rotatable bonds is 6. The maximum Gasteiger partial charge on any atom is 0.322 e. The quantitative estimate of drug-likeness (QED) is 0.449. The molecule has 7 nitrogen and oxygen atoms in total. The van der Waals surface area contributed by atoms with E-state index in [4.69, 9.17) is 4.74 Å². The van der Waals surface area contributed by atoms with E-state index in [9.17, 15) is 20.0 Å². The Bertz CT molecular complexity index is 1240. The maximum atomic E-state index is 13.5. The number of hydrogen-bond donors (Lipinski definition) is 2. The number of aliphatic hydroxyl groups is 1. The van der Waals surface area contributed by atoms with Crippen LogP contribution in [0.5, 0.6) is 0 Å². The van der Waals surface area contributed by atoms with Gasteiger partial charge in [0.1, 0.15) is 6.10 Å². The first kappa shape index (κ1) is 26.6. The summed E-state index contributed by atoms with van der Waals surface area (Å²) in [5.41, 5.74) is 0.661. The first-order valence-corrected chi connectivity index (χ1v) is 12.8. The van der Waals surface area contributed by atoms with Crippen LogP contribution in [0.3, 0.4) is 0 Å². The summed E-state index contributed by atoms with van der Waals surface area (Å²) in [6.45, 7) is 9.37. The summed E-state index contributed by atoms with van der Waals surface area (Å²) in [6, 6.07) is 13.5. The van der Waals surface area contributed by atoms with Crippen LogP contribution in [0.4, 0.5) is 0 Å². The smallest absolute Gasteiger partial charge is 0.322 e. The lowest BCUT2D eigenvalue weighted by atomic mass is 9.54. The molecule has 1 amide bonds. The molecule has 2 heterocycles. The average Bonchev–Trinajstić information content (AvgIpc) is 3.12. The molecule has 37 heavy (non-hydrogen) atoms. The molecule has 6 atom stereocenters. The van der Waals surface area contributed by atoms with Crippen molar-refractivity contribution < 1.29 is 19.4 Å². The lowest BCUT2D eigenvalue weighted by Gasteiger charge is -2.46. The van der Waals surface area contributed by atoms with E-state index in [2.05, 4.69) is 36.3 Å². The van der Waals surface area contributed by atoms with Crippen LogP contribution >= 0.6 is 0 Å². The normalized spacial score (nSPS) is 29.4. The highest BCUT2D eigenvalue weighted by atomic mass is 16.6. The highest BCUT2D eigenvalue weighted by molar-refractivity contribution is 6.04. The van der Waals surface area contributed by atoms with Gasteiger partial charge in [0.2, 0.25) is 5.91 Å². The van der Waals surface area contributed by atoms with Crippen molar-refractivity contribution in [2.45, 2.75) is 52.7 Å². The predicted octanol–water partition coefficient (Wildman–Crippen LogP) is 4.36. The molecule has 2 fully saturated rings. The van der Waals surface area contributed by atoms with Gasteiger partial charge in [0.05, 0.1) is 22.9 Å². The summed E-state index contributed by atoms with van der Waals surface area (Å²) < 4.78 is 5.69. The monoisotopic (exact) mass is 501 g/mol. The number of allylic oxidation sites excluding steroid dienone is 1. The largest absolute Gasteiger partial charge is 0.461 e. The van der Waals surface area contributed by atoms with E-state index in [1.165, 1.54) is 0 Å². The van der Waals surface area contributed by atoms with E-state index in [-0.39, 0.29) is 36.1 Å². The molecule has 1 saturated heterocycles. The van der Waals surface area contributed by atoms with Crippen molar-refractivity contribution in [2.75, 3.05) is 6.54 Å². The van der Waals surface area contributed by atoms with E-state index in [1.807, 2.05) is 43.3 Å². The molecule has 2 N–H and O–H groups in total. The Hall–Kier alpha value is -3.50. The van der Waals surface area contributed by atoms with Crippen LogP contribution < -0.4 is 5.32 Å². The summed E-state index contributed by atoms with van der Waals surface area (Å²) in [7, 11) is 0. The Balaban J connectivity index is 1.63. The molecular weight excluding hydrogens is 466 g/mol. The minimum absolute atomic E-state index is 0.0532. The Kier molecular flexibility index (Phi) is 7.25. The van der Waals surface area contributed by atoms with Crippen LogP contribution in [-0.4, -0.2) is 40.2 Å². The van der Waals surface area contributed by atoms with Gasteiger partial charge < -0.3 is 15.2 Å². The van der Waals surface area contributed by atoms with Crippen LogP contribution in [-0.2, 0) is 14.3 Å². The van der Waals surface area contributed by atoms with E-state index < -0.39 is 23.1 Å². The molecule has 4 unspecified atom stereocenters. The van der Waals surface area contributed by atoms with Crippen LogP contribution in [0, 0.1) is 40.4 Å². The zero-order valence-corrected chi connectivity index (χ0v) is 22.1. The van der Waals surface area contributed by atoms with Crippen LogP contribution in [0.2, 0.25) is 0 Å². The number of hydrogen-bond acceptors (Lipinski definition) is 6. The third kappa shape index (κ3) is 5.03. The zero-order chi connectivity index (χ0) is 27.0. The van der Waals surface area contributed by atoms with Crippen molar-refractivity contribution in [3.05, 3.63) is 59.9 Å². The first-order chi connectivity index (χ1) is 17.5. The van der Waals surface area contributed by atoms with Gasteiger partial charge in [-0.2, -0.15) is 5.26 Å². The van der Waals surface area contributed by atoms with Crippen molar-refractivity contribution in [3.8, 4) is 17.2 Å².